The minimum absolute atomic E-state index is 0.128. The van der Waals surface area contributed by atoms with E-state index in [1.165, 1.54) is 24.8 Å². The summed E-state index contributed by atoms with van der Waals surface area (Å²) in [4.78, 5) is 13.3. The van der Waals surface area contributed by atoms with E-state index in [0.29, 0.717) is 0 Å². The number of hydrogen-bond donors (Lipinski definition) is 2. The van der Waals surface area contributed by atoms with Gasteiger partial charge in [0.25, 0.3) is 0 Å². The Bertz CT molecular complexity index is 1310. The summed E-state index contributed by atoms with van der Waals surface area (Å²) in [6, 6.07) is 16.4. The van der Waals surface area contributed by atoms with Crippen molar-refractivity contribution >= 4 is 27.5 Å². The van der Waals surface area contributed by atoms with Crippen LogP contribution in [0.4, 0.5) is 0 Å². The molecule has 186 valence electrons. The fourth-order valence-electron chi connectivity index (χ4n) is 3.99. The van der Waals surface area contributed by atoms with E-state index in [0.717, 1.165) is 22.3 Å². The van der Waals surface area contributed by atoms with Gasteiger partial charge in [0.15, 0.2) is 0 Å². The summed E-state index contributed by atoms with van der Waals surface area (Å²) in [6.07, 6.45) is 0.174. The maximum atomic E-state index is 13.4. The van der Waals surface area contributed by atoms with Gasteiger partial charge in [0.1, 0.15) is 16.7 Å². The predicted octanol–water partition coefficient (Wildman–Crippen LogP) is 5.04. The van der Waals surface area contributed by atoms with E-state index < -0.39 is 22.0 Å². The normalized spacial score (nSPS) is 13.2. The molecule has 0 bridgehead atoms. The Labute approximate surface area is 212 Å². The lowest BCUT2D eigenvalue weighted by Gasteiger charge is -2.23. The first-order valence-corrected chi connectivity index (χ1v) is 13.2. The van der Waals surface area contributed by atoms with Crippen LogP contribution in [0.15, 0.2) is 65.6 Å². The first-order chi connectivity index (χ1) is 16.5. The molecule has 8 heteroatoms. The van der Waals surface area contributed by atoms with Gasteiger partial charge in [-0.1, -0.05) is 54.1 Å². The third-order valence-corrected chi connectivity index (χ3v) is 7.75. The second-order valence-corrected chi connectivity index (χ2v) is 10.8. The van der Waals surface area contributed by atoms with Crippen LogP contribution < -0.4 is 14.8 Å². The lowest BCUT2D eigenvalue weighted by atomic mass is 9.96. The largest absolute Gasteiger partial charge is 0.495 e. The Morgan fingerprint density at radius 1 is 0.971 bits per heavy atom. The Morgan fingerprint density at radius 3 is 2.29 bits per heavy atom. The van der Waals surface area contributed by atoms with Gasteiger partial charge >= 0.3 is 0 Å². The quantitative estimate of drug-likeness (QED) is 0.419. The van der Waals surface area contributed by atoms with Crippen LogP contribution in [0.5, 0.6) is 5.75 Å². The van der Waals surface area contributed by atoms with Gasteiger partial charge in [0.05, 0.1) is 13.2 Å². The first kappa shape index (κ1) is 26.7. The maximum Gasteiger partial charge on any atom is 0.245 e. The molecule has 35 heavy (non-hydrogen) atoms. The molecule has 2 atom stereocenters. The summed E-state index contributed by atoms with van der Waals surface area (Å²) < 4.78 is 34.5. The minimum atomic E-state index is -4.13. The number of rotatable bonds is 9. The second kappa shape index (κ2) is 11.2. The molecule has 3 rings (SSSR count). The SMILES string of the molecule is COc1ccc(Cl)cc1S(=O)(=O)N[C@H](Cc1ccccc1)C(=O)N[C@@H](C)c1cc(C)c(C)cc1C. The zero-order valence-corrected chi connectivity index (χ0v) is 22.1. The Balaban J connectivity index is 1.92. The first-order valence-electron chi connectivity index (χ1n) is 11.3. The molecule has 0 aliphatic carbocycles. The van der Waals surface area contributed by atoms with E-state index >= 15 is 0 Å². The van der Waals surface area contributed by atoms with Gasteiger partial charge in [0, 0.05) is 5.02 Å². The Hall–Kier alpha value is -2.87. The molecule has 0 radical (unpaired) electrons. The molecule has 0 unspecified atom stereocenters. The monoisotopic (exact) mass is 514 g/mol. The van der Waals surface area contributed by atoms with E-state index in [-0.39, 0.29) is 28.1 Å². The third-order valence-electron chi connectivity index (χ3n) is 6.02. The molecule has 3 aromatic carbocycles. The van der Waals surface area contributed by atoms with Crippen LogP contribution in [-0.4, -0.2) is 27.5 Å². The van der Waals surface area contributed by atoms with Gasteiger partial charge in [-0.2, -0.15) is 4.72 Å². The number of nitrogens with one attached hydrogen (secondary N) is 2. The molecule has 0 aliphatic rings. The van der Waals surface area contributed by atoms with Gasteiger partial charge in [-0.3, -0.25) is 4.79 Å². The molecule has 0 saturated heterocycles. The van der Waals surface area contributed by atoms with Crippen LogP contribution in [0, 0.1) is 20.8 Å². The van der Waals surface area contributed by atoms with Crippen molar-refractivity contribution in [1.82, 2.24) is 10.0 Å². The maximum absolute atomic E-state index is 13.4. The summed E-state index contributed by atoms with van der Waals surface area (Å²) in [6.45, 7) is 7.96. The van der Waals surface area contributed by atoms with Crippen LogP contribution in [-0.2, 0) is 21.2 Å². The van der Waals surface area contributed by atoms with Crippen molar-refractivity contribution in [1.29, 1.82) is 0 Å². The smallest absolute Gasteiger partial charge is 0.245 e. The number of sulfonamides is 1. The van der Waals surface area contributed by atoms with Crippen molar-refractivity contribution in [3.8, 4) is 5.75 Å². The zero-order valence-electron chi connectivity index (χ0n) is 20.6. The van der Waals surface area contributed by atoms with E-state index in [1.807, 2.05) is 58.0 Å². The summed E-state index contributed by atoms with van der Waals surface area (Å²) in [5.74, 6) is -0.288. The van der Waals surface area contributed by atoms with Gasteiger partial charge in [-0.05, 0) is 80.1 Å². The average molecular weight is 515 g/mol. The van der Waals surface area contributed by atoms with Crippen LogP contribution in [0.25, 0.3) is 0 Å². The van der Waals surface area contributed by atoms with Crippen molar-refractivity contribution in [3.63, 3.8) is 0 Å². The molecule has 0 aliphatic heterocycles. The molecule has 0 saturated carbocycles. The highest BCUT2D eigenvalue weighted by Gasteiger charge is 2.29. The highest BCUT2D eigenvalue weighted by atomic mass is 35.5. The van der Waals surface area contributed by atoms with E-state index in [2.05, 4.69) is 22.2 Å². The van der Waals surface area contributed by atoms with Gasteiger partial charge in [-0.15, -0.1) is 0 Å². The van der Waals surface area contributed by atoms with Crippen molar-refractivity contribution in [2.45, 2.75) is 51.1 Å². The number of carbonyl (C=O) groups excluding carboxylic acids is 1. The molecule has 0 aromatic heterocycles. The fraction of sp³-hybridized carbons (Fsp3) is 0.296. The lowest BCUT2D eigenvalue weighted by Crippen LogP contribution is -2.48. The highest BCUT2D eigenvalue weighted by molar-refractivity contribution is 7.89. The standard InChI is InChI=1S/C27H31ClN2O4S/c1-17-13-19(3)23(14-18(17)2)20(4)29-27(31)24(15-21-9-7-6-8-10-21)30-35(32,33)26-16-22(28)11-12-25(26)34-5/h6-14,16,20,24,30H,15H2,1-5H3,(H,29,31)/t20-,24+/m0/s1. The summed E-state index contributed by atoms with van der Waals surface area (Å²) in [5, 5.41) is 3.24. The van der Waals surface area contributed by atoms with Crippen LogP contribution >= 0.6 is 11.6 Å². The number of carbonyl (C=O) groups is 1. The van der Waals surface area contributed by atoms with Gasteiger partial charge in [0.2, 0.25) is 15.9 Å². The third kappa shape index (κ3) is 6.63. The molecule has 0 fully saturated rings. The molecular weight excluding hydrogens is 484 g/mol. The molecule has 0 spiro atoms. The van der Waals surface area contributed by atoms with E-state index in [4.69, 9.17) is 16.3 Å². The summed E-state index contributed by atoms with van der Waals surface area (Å²) in [7, 11) is -2.75. The van der Waals surface area contributed by atoms with Crippen LogP contribution in [0.3, 0.4) is 0 Å². The van der Waals surface area contributed by atoms with E-state index in [9.17, 15) is 13.2 Å². The molecule has 2 N–H and O–H groups in total. The molecule has 0 heterocycles. The van der Waals surface area contributed by atoms with Crippen molar-refractivity contribution in [3.05, 3.63) is 93.5 Å². The van der Waals surface area contributed by atoms with E-state index in [1.54, 1.807) is 6.07 Å². The molecule has 6 nitrogen and oxygen atoms in total. The number of aryl methyl sites for hydroxylation is 3. The Morgan fingerprint density at radius 2 is 1.63 bits per heavy atom. The number of halogens is 1. The topological polar surface area (TPSA) is 84.5 Å². The number of ether oxygens (including phenoxy) is 1. The molecule has 3 aromatic rings. The summed E-state index contributed by atoms with van der Waals surface area (Å²) in [5.41, 5.74) is 5.17. The average Bonchev–Trinajstić information content (AvgIpc) is 2.81. The zero-order chi connectivity index (χ0) is 25.8. The summed E-state index contributed by atoms with van der Waals surface area (Å²) >= 11 is 6.06. The Kier molecular flexibility index (Phi) is 8.59. The lowest BCUT2D eigenvalue weighted by molar-refractivity contribution is -0.123. The predicted molar refractivity (Wildman–Crippen MR) is 139 cm³/mol. The highest BCUT2D eigenvalue weighted by Crippen LogP contribution is 2.27. The fourth-order valence-corrected chi connectivity index (χ4v) is 5.62. The number of hydrogen-bond acceptors (Lipinski definition) is 4. The number of benzene rings is 3. The molecule has 1 amide bonds. The second-order valence-electron chi connectivity index (χ2n) is 8.68. The van der Waals surface area contributed by atoms with Crippen molar-refractivity contribution in [2.24, 2.45) is 0 Å². The van der Waals surface area contributed by atoms with Gasteiger partial charge in [-0.25, -0.2) is 8.42 Å². The van der Waals surface area contributed by atoms with Crippen molar-refractivity contribution < 1.29 is 17.9 Å². The van der Waals surface area contributed by atoms with Crippen LogP contribution in [0.2, 0.25) is 5.02 Å². The minimum Gasteiger partial charge on any atom is -0.495 e. The number of methoxy groups -OCH3 is 1. The van der Waals surface area contributed by atoms with Crippen LogP contribution in [0.1, 0.15) is 40.8 Å². The molecular formula is C27H31ClN2O4S. The number of amides is 1. The van der Waals surface area contributed by atoms with Gasteiger partial charge < -0.3 is 10.1 Å². The van der Waals surface area contributed by atoms with Crippen molar-refractivity contribution in [2.75, 3.05) is 7.11 Å².